The van der Waals surface area contributed by atoms with Crippen molar-refractivity contribution < 1.29 is 27.6 Å². The van der Waals surface area contributed by atoms with Crippen LogP contribution in [0.2, 0.25) is 0 Å². The van der Waals surface area contributed by atoms with Gasteiger partial charge in [0.15, 0.2) is 4.90 Å². The molecule has 0 amide bonds. The van der Waals surface area contributed by atoms with Crippen LogP contribution in [0.1, 0.15) is 20.3 Å². The standard InChI is InChI=1S/C12H15FN2O6S/c1-3-7(2)10(12(16)17)14-22(20,21)9-6-4-5-8(13)11(9)15(18)19/h4-7,10,14H,3H2,1-2H3,(H,16,17)/t7-,10-/m0/s1. The third-order valence-corrected chi connectivity index (χ3v) is 4.66. The minimum Gasteiger partial charge on any atom is -0.480 e. The maximum absolute atomic E-state index is 13.5. The van der Waals surface area contributed by atoms with E-state index < -0.39 is 49.3 Å². The molecular formula is C12H15FN2O6S. The highest BCUT2D eigenvalue weighted by atomic mass is 32.2. The van der Waals surface area contributed by atoms with Crippen LogP contribution in [0.3, 0.4) is 0 Å². The predicted molar refractivity (Wildman–Crippen MR) is 74.3 cm³/mol. The zero-order valence-corrected chi connectivity index (χ0v) is 12.6. The topological polar surface area (TPSA) is 127 Å². The third kappa shape index (κ3) is 3.77. The Morgan fingerprint density at radius 3 is 2.55 bits per heavy atom. The van der Waals surface area contributed by atoms with Crippen molar-refractivity contribution in [1.82, 2.24) is 4.72 Å². The van der Waals surface area contributed by atoms with Gasteiger partial charge in [0, 0.05) is 0 Å². The van der Waals surface area contributed by atoms with Gasteiger partial charge in [-0.2, -0.15) is 9.11 Å². The fourth-order valence-corrected chi connectivity index (χ4v) is 3.24. The van der Waals surface area contributed by atoms with Crippen molar-refractivity contribution in [1.29, 1.82) is 0 Å². The van der Waals surface area contributed by atoms with E-state index >= 15 is 0 Å². The Bertz CT molecular complexity index is 691. The third-order valence-electron chi connectivity index (χ3n) is 3.18. The number of sulfonamides is 1. The molecule has 0 aliphatic carbocycles. The van der Waals surface area contributed by atoms with Gasteiger partial charge in [0.25, 0.3) is 0 Å². The van der Waals surface area contributed by atoms with Gasteiger partial charge in [-0.25, -0.2) is 8.42 Å². The summed E-state index contributed by atoms with van der Waals surface area (Å²) in [5.41, 5.74) is -1.22. The van der Waals surface area contributed by atoms with Crippen LogP contribution in [0.25, 0.3) is 0 Å². The minimum absolute atomic E-state index is 0.366. The summed E-state index contributed by atoms with van der Waals surface area (Å²) < 4.78 is 39.8. The summed E-state index contributed by atoms with van der Waals surface area (Å²) >= 11 is 0. The first kappa shape index (κ1) is 18.0. The lowest BCUT2D eigenvalue weighted by Gasteiger charge is -2.20. The number of benzene rings is 1. The number of nitro benzene ring substituents is 1. The number of aliphatic carboxylic acids is 1. The summed E-state index contributed by atoms with van der Waals surface area (Å²) in [6.07, 6.45) is 0.366. The van der Waals surface area contributed by atoms with Gasteiger partial charge in [-0.1, -0.05) is 26.3 Å². The Kier molecular flexibility index (Phi) is 5.55. The van der Waals surface area contributed by atoms with Crippen LogP contribution in [-0.2, 0) is 14.8 Å². The first-order chi connectivity index (χ1) is 10.1. The Labute approximate surface area is 126 Å². The smallest absolute Gasteiger partial charge is 0.324 e. The van der Waals surface area contributed by atoms with E-state index in [1.54, 1.807) is 6.92 Å². The summed E-state index contributed by atoms with van der Waals surface area (Å²) in [6, 6.07) is 1.12. The number of carboxylic acids is 1. The average molecular weight is 334 g/mol. The number of carboxylic acid groups (broad SMARTS) is 1. The van der Waals surface area contributed by atoms with Gasteiger partial charge in [-0.3, -0.25) is 14.9 Å². The molecule has 0 radical (unpaired) electrons. The molecule has 0 fully saturated rings. The molecular weight excluding hydrogens is 319 g/mol. The lowest BCUT2D eigenvalue weighted by Crippen LogP contribution is -2.45. The van der Waals surface area contributed by atoms with Crippen molar-refractivity contribution in [3.05, 3.63) is 34.1 Å². The highest BCUT2D eigenvalue weighted by Gasteiger charge is 2.34. The molecule has 2 N–H and O–H groups in total. The molecule has 0 aliphatic rings. The molecule has 10 heteroatoms. The zero-order valence-electron chi connectivity index (χ0n) is 11.8. The molecule has 8 nitrogen and oxygen atoms in total. The number of para-hydroxylation sites is 1. The molecule has 0 aromatic heterocycles. The second kappa shape index (κ2) is 6.79. The van der Waals surface area contributed by atoms with Crippen LogP contribution < -0.4 is 4.72 Å². The summed E-state index contributed by atoms with van der Waals surface area (Å²) in [5, 5.41) is 19.9. The Morgan fingerprint density at radius 1 is 1.50 bits per heavy atom. The fraction of sp³-hybridized carbons (Fsp3) is 0.417. The summed E-state index contributed by atoms with van der Waals surface area (Å²) in [5.74, 6) is -3.29. The molecule has 0 heterocycles. The van der Waals surface area contributed by atoms with E-state index in [1.165, 1.54) is 6.92 Å². The van der Waals surface area contributed by atoms with Crippen LogP contribution in [0.5, 0.6) is 0 Å². The average Bonchev–Trinajstić information content (AvgIpc) is 2.43. The molecule has 1 aromatic rings. The van der Waals surface area contributed by atoms with Gasteiger partial charge >= 0.3 is 11.7 Å². The van der Waals surface area contributed by atoms with E-state index in [2.05, 4.69) is 0 Å². The zero-order chi connectivity index (χ0) is 17.1. The number of nitrogens with zero attached hydrogens (tertiary/aromatic N) is 1. The molecule has 122 valence electrons. The van der Waals surface area contributed by atoms with Crippen LogP contribution in [0, 0.1) is 21.8 Å². The molecule has 0 unspecified atom stereocenters. The normalized spacial score (nSPS) is 14.3. The van der Waals surface area contributed by atoms with Crippen molar-refractivity contribution >= 4 is 21.7 Å². The molecule has 0 spiro atoms. The van der Waals surface area contributed by atoms with Gasteiger partial charge in [0.05, 0.1) is 4.92 Å². The Hall–Kier alpha value is -2.07. The van der Waals surface area contributed by atoms with Gasteiger partial charge in [-0.05, 0) is 18.1 Å². The van der Waals surface area contributed by atoms with Crippen LogP contribution >= 0.6 is 0 Å². The molecule has 0 saturated carbocycles. The summed E-state index contributed by atoms with van der Waals surface area (Å²) in [7, 11) is -4.57. The predicted octanol–water partition coefficient (Wildman–Crippen LogP) is 1.51. The lowest BCUT2D eigenvalue weighted by molar-refractivity contribution is -0.390. The summed E-state index contributed by atoms with van der Waals surface area (Å²) in [4.78, 5) is 19.9. The molecule has 1 aromatic carbocycles. The number of hydrogen-bond donors (Lipinski definition) is 2. The van der Waals surface area contributed by atoms with E-state index in [4.69, 9.17) is 5.11 Å². The minimum atomic E-state index is -4.57. The number of hydrogen-bond acceptors (Lipinski definition) is 5. The molecule has 0 saturated heterocycles. The number of nitro groups is 1. The van der Waals surface area contributed by atoms with Crippen LogP contribution in [0.4, 0.5) is 10.1 Å². The van der Waals surface area contributed by atoms with E-state index in [1.807, 2.05) is 4.72 Å². The number of nitrogens with one attached hydrogen (secondary N) is 1. The Balaban J connectivity index is 3.34. The van der Waals surface area contributed by atoms with E-state index in [9.17, 15) is 27.7 Å². The maximum Gasteiger partial charge on any atom is 0.324 e. The van der Waals surface area contributed by atoms with Crippen molar-refractivity contribution in [2.45, 2.75) is 31.2 Å². The van der Waals surface area contributed by atoms with Gasteiger partial charge in [0.2, 0.25) is 15.8 Å². The van der Waals surface area contributed by atoms with Crippen molar-refractivity contribution in [2.24, 2.45) is 5.92 Å². The molecule has 2 atom stereocenters. The van der Waals surface area contributed by atoms with Crippen molar-refractivity contribution in [3.63, 3.8) is 0 Å². The lowest BCUT2D eigenvalue weighted by atomic mass is 10.0. The van der Waals surface area contributed by atoms with E-state index in [0.717, 1.165) is 18.2 Å². The van der Waals surface area contributed by atoms with E-state index in [-0.39, 0.29) is 0 Å². The molecule has 0 aliphatic heterocycles. The molecule has 22 heavy (non-hydrogen) atoms. The van der Waals surface area contributed by atoms with Gasteiger partial charge in [0.1, 0.15) is 6.04 Å². The number of rotatable bonds is 7. The second-order valence-corrected chi connectivity index (χ2v) is 6.35. The van der Waals surface area contributed by atoms with Crippen molar-refractivity contribution in [3.8, 4) is 0 Å². The first-order valence-electron chi connectivity index (χ1n) is 6.29. The van der Waals surface area contributed by atoms with Gasteiger partial charge in [-0.15, -0.1) is 0 Å². The number of halogens is 1. The SMILES string of the molecule is CC[C@H](C)[C@H](NS(=O)(=O)c1cccc(F)c1[N+](=O)[O-])C(=O)O. The second-order valence-electron chi connectivity index (χ2n) is 4.67. The highest BCUT2D eigenvalue weighted by Crippen LogP contribution is 2.27. The van der Waals surface area contributed by atoms with Crippen molar-refractivity contribution in [2.75, 3.05) is 0 Å². The quantitative estimate of drug-likeness (QED) is 0.575. The van der Waals surface area contributed by atoms with Crippen LogP contribution in [0.15, 0.2) is 23.1 Å². The maximum atomic E-state index is 13.5. The highest BCUT2D eigenvalue weighted by molar-refractivity contribution is 7.89. The number of carbonyl (C=O) groups is 1. The first-order valence-corrected chi connectivity index (χ1v) is 7.78. The largest absolute Gasteiger partial charge is 0.480 e. The van der Waals surface area contributed by atoms with Gasteiger partial charge < -0.3 is 5.11 Å². The molecule has 0 bridgehead atoms. The van der Waals surface area contributed by atoms with E-state index in [0.29, 0.717) is 6.42 Å². The summed E-state index contributed by atoms with van der Waals surface area (Å²) in [6.45, 7) is 3.18. The van der Waals surface area contributed by atoms with Crippen LogP contribution in [-0.4, -0.2) is 30.5 Å². The fourth-order valence-electron chi connectivity index (χ4n) is 1.77. The Morgan fingerprint density at radius 2 is 2.09 bits per heavy atom. The molecule has 1 rings (SSSR count). The monoisotopic (exact) mass is 334 g/mol.